The fraction of sp³-hybridized carbons (Fsp3) is 0.500. The number of hydrogen-bond acceptors (Lipinski definition) is 4. The highest BCUT2D eigenvalue weighted by atomic mass is 16.6. The lowest BCUT2D eigenvalue weighted by Gasteiger charge is -2.28. The van der Waals surface area contributed by atoms with Crippen molar-refractivity contribution < 1.29 is 14.8 Å². The normalized spacial score (nSPS) is 21.9. The van der Waals surface area contributed by atoms with Crippen molar-refractivity contribution in [3.63, 3.8) is 0 Å². The number of nitrogens with zero attached hydrogens (tertiary/aromatic N) is 2. The molecule has 6 heteroatoms. The average Bonchev–Trinajstić information content (AvgIpc) is 2.96. The molecule has 1 saturated carbocycles. The summed E-state index contributed by atoms with van der Waals surface area (Å²) in [6.45, 7) is 0.268. The molecule has 22 heavy (non-hydrogen) atoms. The number of nitro benzene ring substituents is 1. The Kier molecular flexibility index (Phi) is 4.02. The molecule has 0 atom stereocenters. The van der Waals surface area contributed by atoms with E-state index in [4.69, 9.17) is 4.74 Å². The molecule has 2 aromatic rings. The largest absolute Gasteiger partial charge is 0.490 e. The number of ether oxygens (including phenoxy) is 1. The zero-order valence-corrected chi connectivity index (χ0v) is 12.6. The van der Waals surface area contributed by atoms with Crippen LogP contribution in [0.1, 0.15) is 31.7 Å². The van der Waals surface area contributed by atoms with E-state index in [1.54, 1.807) is 12.1 Å². The Balaban J connectivity index is 1.91. The molecule has 1 aliphatic carbocycles. The van der Waals surface area contributed by atoms with E-state index in [-0.39, 0.29) is 12.3 Å². The van der Waals surface area contributed by atoms with E-state index in [9.17, 15) is 15.2 Å². The number of hydrogen-bond donors (Lipinski definition) is 1. The summed E-state index contributed by atoms with van der Waals surface area (Å²) in [5, 5.41) is 22.1. The number of benzene rings is 1. The topological polar surface area (TPSA) is 77.5 Å². The van der Waals surface area contributed by atoms with Crippen LogP contribution in [0.4, 0.5) is 5.69 Å². The summed E-state index contributed by atoms with van der Waals surface area (Å²) in [6, 6.07) is 3.70. The van der Waals surface area contributed by atoms with Gasteiger partial charge in [-0.05, 0) is 37.7 Å². The maximum Gasteiger partial charge on any atom is 0.311 e. The highest BCUT2D eigenvalue weighted by Gasteiger charge is 2.23. The van der Waals surface area contributed by atoms with Crippen molar-refractivity contribution in [2.24, 2.45) is 5.92 Å². The number of methoxy groups -OCH3 is 1. The number of aliphatic hydroxyl groups is 1. The zero-order valence-electron chi connectivity index (χ0n) is 12.6. The molecule has 1 aliphatic rings. The van der Waals surface area contributed by atoms with E-state index in [1.807, 2.05) is 12.4 Å². The van der Waals surface area contributed by atoms with Crippen LogP contribution in [0.15, 0.2) is 24.5 Å². The minimum atomic E-state index is -0.415. The van der Waals surface area contributed by atoms with E-state index >= 15 is 0 Å². The Morgan fingerprint density at radius 2 is 1.91 bits per heavy atom. The fourth-order valence-electron chi connectivity index (χ4n) is 3.32. The molecular weight excluding hydrogens is 284 g/mol. The Morgan fingerprint density at radius 1 is 1.27 bits per heavy atom. The van der Waals surface area contributed by atoms with Gasteiger partial charge in [0.25, 0.3) is 0 Å². The molecule has 1 aromatic heterocycles. The zero-order chi connectivity index (χ0) is 15.7. The number of aromatic nitrogens is 1. The van der Waals surface area contributed by atoms with E-state index in [2.05, 4.69) is 4.57 Å². The van der Waals surface area contributed by atoms with Gasteiger partial charge in [-0.1, -0.05) is 0 Å². The predicted molar refractivity (Wildman–Crippen MR) is 83.2 cm³/mol. The van der Waals surface area contributed by atoms with Gasteiger partial charge >= 0.3 is 5.69 Å². The van der Waals surface area contributed by atoms with Crippen LogP contribution in [0.5, 0.6) is 5.75 Å². The molecule has 0 amide bonds. The lowest BCUT2D eigenvalue weighted by atomic mass is 9.86. The van der Waals surface area contributed by atoms with Gasteiger partial charge in [0.1, 0.15) is 0 Å². The van der Waals surface area contributed by atoms with Crippen LogP contribution < -0.4 is 4.74 Å². The minimum Gasteiger partial charge on any atom is -0.490 e. The van der Waals surface area contributed by atoms with Crippen LogP contribution >= 0.6 is 0 Å². The SMILES string of the molecule is COc1cc2cn(C3CCC(CO)CC3)cc2cc1[N+](=O)[O-]. The summed E-state index contributed by atoms with van der Waals surface area (Å²) in [7, 11) is 1.45. The lowest BCUT2D eigenvalue weighted by molar-refractivity contribution is -0.385. The minimum absolute atomic E-state index is 0.00302. The van der Waals surface area contributed by atoms with Gasteiger partial charge in [-0.3, -0.25) is 10.1 Å². The van der Waals surface area contributed by atoms with Gasteiger partial charge in [-0.2, -0.15) is 0 Å². The molecule has 118 valence electrons. The molecule has 0 spiro atoms. The standard InChI is InChI=1S/C16H20N2O4/c1-22-16-7-13-9-17(8-12(13)6-15(16)18(20)21)14-4-2-11(10-19)3-5-14/h6-9,11,14,19H,2-5,10H2,1H3. The first kappa shape index (κ1) is 14.8. The van der Waals surface area contributed by atoms with E-state index in [1.165, 1.54) is 7.11 Å². The van der Waals surface area contributed by atoms with E-state index in [0.29, 0.717) is 17.7 Å². The third-order valence-electron chi connectivity index (χ3n) is 4.65. The van der Waals surface area contributed by atoms with Crippen LogP contribution in [-0.2, 0) is 0 Å². The van der Waals surface area contributed by atoms with Crippen molar-refractivity contribution in [2.75, 3.05) is 13.7 Å². The smallest absolute Gasteiger partial charge is 0.311 e. The quantitative estimate of drug-likeness (QED) is 0.694. The van der Waals surface area contributed by atoms with Gasteiger partial charge in [0.15, 0.2) is 5.75 Å². The number of rotatable bonds is 4. The molecule has 0 saturated heterocycles. The molecule has 0 radical (unpaired) electrons. The Labute approximate surface area is 128 Å². The molecule has 0 aliphatic heterocycles. The Morgan fingerprint density at radius 3 is 2.45 bits per heavy atom. The first-order chi connectivity index (χ1) is 10.6. The first-order valence-electron chi connectivity index (χ1n) is 7.57. The van der Waals surface area contributed by atoms with Gasteiger partial charge in [0, 0.05) is 41.9 Å². The Bertz CT molecular complexity index is 687. The van der Waals surface area contributed by atoms with Crippen molar-refractivity contribution in [3.05, 3.63) is 34.6 Å². The van der Waals surface area contributed by atoms with E-state index < -0.39 is 4.92 Å². The van der Waals surface area contributed by atoms with Gasteiger partial charge in [0.05, 0.1) is 12.0 Å². The maximum atomic E-state index is 11.1. The van der Waals surface area contributed by atoms with E-state index in [0.717, 1.165) is 36.5 Å². The number of nitro groups is 1. The summed E-state index contributed by atoms with van der Waals surface area (Å²) in [4.78, 5) is 10.7. The molecule has 3 rings (SSSR count). The third-order valence-corrected chi connectivity index (χ3v) is 4.65. The Hall–Kier alpha value is -2.08. The molecular formula is C16H20N2O4. The highest BCUT2D eigenvalue weighted by Crippen LogP contribution is 2.36. The first-order valence-corrected chi connectivity index (χ1v) is 7.57. The van der Waals surface area contributed by atoms with Crippen LogP contribution in [0.25, 0.3) is 10.8 Å². The second-order valence-electron chi connectivity index (χ2n) is 5.97. The predicted octanol–water partition coefficient (Wildman–Crippen LogP) is 3.28. The van der Waals surface area contributed by atoms with Gasteiger partial charge < -0.3 is 14.4 Å². The summed E-state index contributed by atoms with van der Waals surface area (Å²) in [5.41, 5.74) is -0.00302. The van der Waals surface area contributed by atoms with Crippen molar-refractivity contribution >= 4 is 16.5 Å². The van der Waals surface area contributed by atoms with Crippen LogP contribution in [-0.4, -0.2) is 28.3 Å². The number of fused-ring (bicyclic) bond motifs is 1. The van der Waals surface area contributed by atoms with Crippen molar-refractivity contribution in [1.82, 2.24) is 4.57 Å². The molecule has 0 bridgehead atoms. The molecule has 1 N–H and O–H groups in total. The van der Waals surface area contributed by atoms with Crippen LogP contribution in [0, 0.1) is 16.0 Å². The second kappa shape index (κ2) is 5.96. The van der Waals surface area contributed by atoms with Crippen molar-refractivity contribution in [1.29, 1.82) is 0 Å². The van der Waals surface area contributed by atoms with Crippen molar-refractivity contribution in [3.8, 4) is 5.75 Å². The van der Waals surface area contributed by atoms with Gasteiger partial charge in [-0.25, -0.2) is 0 Å². The summed E-state index contributed by atoms with van der Waals surface area (Å²) >= 11 is 0. The molecule has 0 unspecified atom stereocenters. The van der Waals surface area contributed by atoms with Crippen LogP contribution in [0.3, 0.4) is 0 Å². The number of aliphatic hydroxyl groups excluding tert-OH is 1. The van der Waals surface area contributed by atoms with Crippen molar-refractivity contribution in [2.45, 2.75) is 31.7 Å². The average molecular weight is 304 g/mol. The summed E-state index contributed by atoms with van der Waals surface area (Å²) < 4.78 is 7.27. The third kappa shape index (κ3) is 2.66. The molecule has 1 heterocycles. The summed E-state index contributed by atoms with van der Waals surface area (Å²) in [6.07, 6.45) is 8.13. The molecule has 6 nitrogen and oxygen atoms in total. The lowest BCUT2D eigenvalue weighted by Crippen LogP contribution is -2.19. The fourth-order valence-corrected chi connectivity index (χ4v) is 3.32. The maximum absolute atomic E-state index is 11.1. The molecule has 1 aromatic carbocycles. The highest BCUT2D eigenvalue weighted by molar-refractivity contribution is 5.87. The van der Waals surface area contributed by atoms with Gasteiger partial charge in [0.2, 0.25) is 0 Å². The van der Waals surface area contributed by atoms with Crippen LogP contribution in [0.2, 0.25) is 0 Å². The monoisotopic (exact) mass is 304 g/mol. The van der Waals surface area contributed by atoms with Gasteiger partial charge in [-0.15, -0.1) is 0 Å². The summed E-state index contributed by atoms with van der Waals surface area (Å²) in [5.74, 6) is 0.710. The molecule has 1 fully saturated rings. The second-order valence-corrected chi connectivity index (χ2v) is 5.97.